The normalized spacial score (nSPS) is 11.1. The molecule has 1 aromatic carbocycles. The minimum Gasteiger partial charge on any atom is -0.304 e. The van der Waals surface area contributed by atoms with Gasteiger partial charge in [-0.15, -0.1) is 0 Å². The molecule has 0 aliphatic heterocycles. The molecule has 0 aliphatic rings. The fourth-order valence-corrected chi connectivity index (χ4v) is 4.43. The number of hydrogen-bond acceptors (Lipinski definition) is 5. The molecule has 0 radical (unpaired) electrons. The van der Waals surface area contributed by atoms with E-state index < -0.39 is 17.4 Å². The molecule has 2 aromatic heterocycles. The molecule has 0 spiro atoms. The maximum absolute atomic E-state index is 13.7. The SMILES string of the molecule is CCCCCC(=O)n1c(CC)c(C(=O)c2ccc(-n3ccnc3C)cc2)n(C(=O)CCCCC)c1=O. The average Bonchev–Trinajstić information content (AvgIpc) is 3.44. The van der Waals surface area contributed by atoms with Crippen molar-refractivity contribution in [2.75, 3.05) is 0 Å². The minimum atomic E-state index is -0.733. The third-order valence-electron chi connectivity index (χ3n) is 6.42. The van der Waals surface area contributed by atoms with Crippen LogP contribution in [0.2, 0.25) is 0 Å². The first-order valence-electron chi connectivity index (χ1n) is 12.9. The van der Waals surface area contributed by atoms with Gasteiger partial charge in [0.2, 0.25) is 17.6 Å². The predicted octanol–water partition coefficient (Wildman–Crippen LogP) is 5.38. The van der Waals surface area contributed by atoms with Gasteiger partial charge >= 0.3 is 5.69 Å². The standard InChI is InChI=1S/C28H36N4O4/c1-5-8-10-12-24(33)31-23(7-3)26(32(28(31)36)25(34)13-11-9-6-2)27(35)21-14-16-22(17-15-21)30-19-18-29-20(30)4/h14-19H,5-13H2,1-4H3. The molecule has 0 N–H and O–H groups in total. The molecule has 36 heavy (non-hydrogen) atoms. The summed E-state index contributed by atoms with van der Waals surface area (Å²) >= 11 is 0. The second-order valence-electron chi connectivity index (χ2n) is 9.02. The molecule has 0 aliphatic carbocycles. The van der Waals surface area contributed by atoms with Crippen molar-refractivity contribution in [3.63, 3.8) is 0 Å². The van der Waals surface area contributed by atoms with E-state index in [0.717, 1.165) is 46.3 Å². The molecule has 0 bridgehead atoms. The molecule has 8 nitrogen and oxygen atoms in total. The first kappa shape index (κ1) is 27.0. The van der Waals surface area contributed by atoms with Crippen LogP contribution in [-0.4, -0.2) is 36.3 Å². The number of aromatic nitrogens is 4. The van der Waals surface area contributed by atoms with Crippen molar-refractivity contribution in [2.45, 2.75) is 85.5 Å². The highest BCUT2D eigenvalue weighted by atomic mass is 16.2. The van der Waals surface area contributed by atoms with E-state index in [4.69, 9.17) is 0 Å². The van der Waals surface area contributed by atoms with Crippen molar-refractivity contribution in [2.24, 2.45) is 0 Å². The number of imidazole rings is 2. The lowest BCUT2D eigenvalue weighted by Crippen LogP contribution is -2.33. The Kier molecular flexibility index (Phi) is 9.33. The first-order chi connectivity index (χ1) is 17.3. The minimum absolute atomic E-state index is 0.000554. The van der Waals surface area contributed by atoms with E-state index >= 15 is 0 Å². The highest BCUT2D eigenvalue weighted by Crippen LogP contribution is 2.20. The molecule has 192 valence electrons. The van der Waals surface area contributed by atoms with Gasteiger partial charge < -0.3 is 4.57 Å². The van der Waals surface area contributed by atoms with E-state index in [2.05, 4.69) is 4.98 Å². The Labute approximate surface area is 212 Å². The molecule has 0 saturated carbocycles. The summed E-state index contributed by atoms with van der Waals surface area (Å²) < 4.78 is 3.90. The quantitative estimate of drug-likeness (QED) is 0.250. The van der Waals surface area contributed by atoms with Crippen molar-refractivity contribution < 1.29 is 14.4 Å². The summed E-state index contributed by atoms with van der Waals surface area (Å²) in [6.07, 6.45) is 8.99. The molecular formula is C28H36N4O4. The summed E-state index contributed by atoms with van der Waals surface area (Å²) in [6, 6.07) is 6.94. The summed E-state index contributed by atoms with van der Waals surface area (Å²) in [5, 5.41) is 0. The van der Waals surface area contributed by atoms with E-state index in [0.29, 0.717) is 24.1 Å². The highest BCUT2D eigenvalue weighted by Gasteiger charge is 2.30. The Hall–Kier alpha value is -3.55. The van der Waals surface area contributed by atoms with Crippen LogP contribution in [0.15, 0.2) is 41.5 Å². The van der Waals surface area contributed by atoms with Gasteiger partial charge in [-0.25, -0.2) is 18.9 Å². The summed E-state index contributed by atoms with van der Waals surface area (Å²) in [7, 11) is 0. The van der Waals surface area contributed by atoms with Gasteiger partial charge in [0, 0.05) is 36.5 Å². The molecule has 0 fully saturated rings. The third kappa shape index (κ3) is 5.64. The Morgan fingerprint density at radius 3 is 1.92 bits per heavy atom. The summed E-state index contributed by atoms with van der Waals surface area (Å²) in [5.41, 5.74) is 0.749. The van der Waals surface area contributed by atoms with Crippen LogP contribution in [0, 0.1) is 6.92 Å². The molecule has 8 heteroatoms. The van der Waals surface area contributed by atoms with Gasteiger partial charge in [0.15, 0.2) is 0 Å². The van der Waals surface area contributed by atoms with Gasteiger partial charge in [-0.05, 0) is 50.5 Å². The third-order valence-corrected chi connectivity index (χ3v) is 6.42. The second-order valence-corrected chi connectivity index (χ2v) is 9.02. The zero-order valence-electron chi connectivity index (χ0n) is 21.7. The van der Waals surface area contributed by atoms with E-state index in [1.165, 1.54) is 0 Å². The van der Waals surface area contributed by atoms with E-state index in [1.54, 1.807) is 37.4 Å². The number of rotatable bonds is 12. The zero-order chi connectivity index (χ0) is 26.2. The van der Waals surface area contributed by atoms with Gasteiger partial charge in [0.05, 0.1) is 5.69 Å². The predicted molar refractivity (Wildman–Crippen MR) is 139 cm³/mol. The number of nitrogens with zero attached hydrogens (tertiary/aromatic N) is 4. The van der Waals surface area contributed by atoms with Crippen LogP contribution in [0.5, 0.6) is 0 Å². The first-order valence-corrected chi connectivity index (χ1v) is 12.9. The monoisotopic (exact) mass is 492 g/mol. The number of benzene rings is 1. The average molecular weight is 493 g/mol. The number of unbranched alkanes of at least 4 members (excludes halogenated alkanes) is 4. The summed E-state index contributed by atoms with van der Waals surface area (Å²) in [6.45, 7) is 7.74. The molecule has 0 saturated heterocycles. The van der Waals surface area contributed by atoms with Crippen molar-refractivity contribution in [3.05, 3.63) is 69.9 Å². The molecule has 3 aromatic rings. The van der Waals surface area contributed by atoms with Gasteiger partial charge in [0.25, 0.3) is 0 Å². The van der Waals surface area contributed by atoms with Crippen LogP contribution in [0.3, 0.4) is 0 Å². The summed E-state index contributed by atoms with van der Waals surface area (Å²) in [5.74, 6) is -0.447. The van der Waals surface area contributed by atoms with Gasteiger partial charge in [0.1, 0.15) is 11.5 Å². The smallest absolute Gasteiger partial charge is 0.304 e. The fourth-order valence-electron chi connectivity index (χ4n) is 4.43. The number of ketones is 1. The van der Waals surface area contributed by atoms with Crippen LogP contribution in [0.1, 0.15) is 109 Å². The maximum atomic E-state index is 13.7. The molecule has 2 heterocycles. The van der Waals surface area contributed by atoms with Crippen LogP contribution < -0.4 is 5.69 Å². The lowest BCUT2D eigenvalue weighted by atomic mass is 10.0. The van der Waals surface area contributed by atoms with Crippen molar-refractivity contribution in [1.29, 1.82) is 0 Å². The van der Waals surface area contributed by atoms with E-state index in [-0.39, 0.29) is 30.9 Å². The second kappa shape index (κ2) is 12.4. The fraction of sp³-hybridized carbons (Fsp3) is 0.464. The Morgan fingerprint density at radius 1 is 0.833 bits per heavy atom. The van der Waals surface area contributed by atoms with Gasteiger partial charge in [-0.2, -0.15) is 0 Å². The topological polar surface area (TPSA) is 96.0 Å². The Balaban J connectivity index is 2.07. The number of aryl methyl sites for hydroxylation is 1. The molecule has 3 rings (SSSR count). The van der Waals surface area contributed by atoms with Crippen molar-refractivity contribution in [1.82, 2.24) is 18.7 Å². The van der Waals surface area contributed by atoms with Crippen LogP contribution in [-0.2, 0) is 6.42 Å². The van der Waals surface area contributed by atoms with Crippen LogP contribution in [0.25, 0.3) is 5.69 Å². The van der Waals surface area contributed by atoms with Crippen molar-refractivity contribution >= 4 is 17.6 Å². The number of carbonyl (C=O) groups excluding carboxylic acids is 3. The van der Waals surface area contributed by atoms with Crippen LogP contribution >= 0.6 is 0 Å². The highest BCUT2D eigenvalue weighted by molar-refractivity contribution is 6.11. The molecular weight excluding hydrogens is 456 g/mol. The van der Waals surface area contributed by atoms with Gasteiger partial charge in [-0.3, -0.25) is 14.4 Å². The van der Waals surface area contributed by atoms with E-state index in [1.807, 2.05) is 31.5 Å². The zero-order valence-corrected chi connectivity index (χ0v) is 21.7. The Bertz CT molecular complexity index is 1280. The lowest BCUT2D eigenvalue weighted by Gasteiger charge is -2.10. The Morgan fingerprint density at radius 2 is 1.42 bits per heavy atom. The van der Waals surface area contributed by atoms with Crippen molar-refractivity contribution in [3.8, 4) is 5.69 Å². The largest absolute Gasteiger partial charge is 0.342 e. The van der Waals surface area contributed by atoms with Crippen LogP contribution in [0.4, 0.5) is 0 Å². The van der Waals surface area contributed by atoms with Gasteiger partial charge in [-0.1, -0.05) is 46.5 Å². The number of carbonyl (C=O) groups is 3. The van der Waals surface area contributed by atoms with E-state index in [9.17, 15) is 19.2 Å². The molecule has 0 atom stereocenters. The molecule has 0 unspecified atom stereocenters. The number of hydrogen-bond donors (Lipinski definition) is 0. The molecule has 0 amide bonds. The maximum Gasteiger partial charge on any atom is 0.342 e. The summed E-state index contributed by atoms with van der Waals surface area (Å²) in [4.78, 5) is 57.6. The lowest BCUT2D eigenvalue weighted by molar-refractivity contribution is 0.0870.